The van der Waals surface area contributed by atoms with E-state index in [4.69, 9.17) is 0 Å². The van der Waals surface area contributed by atoms with Gasteiger partial charge in [0.1, 0.15) is 11.6 Å². The third-order valence-corrected chi connectivity index (χ3v) is 5.19. The molecule has 4 aromatic rings. The zero-order chi connectivity index (χ0) is 20.9. The van der Waals surface area contributed by atoms with Gasteiger partial charge >= 0.3 is 0 Å². The van der Waals surface area contributed by atoms with Gasteiger partial charge in [0.05, 0.1) is 0 Å². The standard InChI is InChI=1S/C25H22F2N2O/c26-21-12-9-18(10-13-21)16-29-17-20(22-6-2-4-8-24(22)29)11-14-25(30)28-15-19-5-1-3-7-23(19)27/h1-10,12-13,17H,11,14-16H2,(H,28,30). The van der Waals surface area contributed by atoms with E-state index >= 15 is 0 Å². The Kier molecular flexibility index (Phi) is 5.89. The van der Waals surface area contributed by atoms with Crippen LogP contribution in [0.1, 0.15) is 23.1 Å². The number of para-hydroxylation sites is 1. The molecule has 1 N–H and O–H groups in total. The lowest BCUT2D eigenvalue weighted by Crippen LogP contribution is -2.23. The molecule has 152 valence electrons. The fourth-order valence-corrected chi connectivity index (χ4v) is 3.61. The van der Waals surface area contributed by atoms with Crippen molar-refractivity contribution in [2.75, 3.05) is 0 Å². The van der Waals surface area contributed by atoms with Crippen LogP contribution in [-0.4, -0.2) is 10.5 Å². The molecule has 0 saturated carbocycles. The molecule has 1 aromatic heterocycles. The van der Waals surface area contributed by atoms with Gasteiger partial charge in [-0.05, 0) is 41.8 Å². The average molecular weight is 404 g/mol. The minimum Gasteiger partial charge on any atom is -0.352 e. The summed E-state index contributed by atoms with van der Waals surface area (Å²) in [5.41, 5.74) is 3.63. The number of amides is 1. The van der Waals surface area contributed by atoms with E-state index in [1.807, 2.05) is 24.3 Å². The highest BCUT2D eigenvalue weighted by Gasteiger charge is 2.11. The zero-order valence-corrected chi connectivity index (χ0v) is 16.4. The van der Waals surface area contributed by atoms with Gasteiger partial charge in [0.25, 0.3) is 0 Å². The number of halogens is 2. The fourth-order valence-electron chi connectivity index (χ4n) is 3.61. The smallest absolute Gasteiger partial charge is 0.220 e. The summed E-state index contributed by atoms with van der Waals surface area (Å²) in [6.45, 7) is 0.804. The van der Waals surface area contributed by atoms with Crippen molar-refractivity contribution in [3.63, 3.8) is 0 Å². The molecule has 3 nitrogen and oxygen atoms in total. The van der Waals surface area contributed by atoms with Gasteiger partial charge < -0.3 is 9.88 Å². The van der Waals surface area contributed by atoms with Crippen molar-refractivity contribution in [2.45, 2.75) is 25.9 Å². The number of rotatable bonds is 7. The molecule has 1 heterocycles. The Morgan fingerprint density at radius 3 is 2.40 bits per heavy atom. The van der Waals surface area contributed by atoms with Crippen LogP contribution in [0.3, 0.4) is 0 Å². The van der Waals surface area contributed by atoms with E-state index in [0.29, 0.717) is 24.9 Å². The maximum atomic E-state index is 13.7. The molecule has 3 aromatic carbocycles. The molecule has 0 aliphatic heterocycles. The highest BCUT2D eigenvalue weighted by atomic mass is 19.1. The lowest BCUT2D eigenvalue weighted by molar-refractivity contribution is -0.121. The Morgan fingerprint density at radius 2 is 1.60 bits per heavy atom. The van der Waals surface area contributed by atoms with Gasteiger partial charge in [0.2, 0.25) is 5.91 Å². The van der Waals surface area contributed by atoms with Gasteiger partial charge in [0, 0.05) is 42.2 Å². The zero-order valence-electron chi connectivity index (χ0n) is 16.4. The Bertz CT molecular complexity index is 1170. The van der Waals surface area contributed by atoms with Crippen LogP contribution in [0.4, 0.5) is 8.78 Å². The van der Waals surface area contributed by atoms with Crippen LogP contribution in [0.2, 0.25) is 0 Å². The highest BCUT2D eigenvalue weighted by molar-refractivity contribution is 5.85. The fraction of sp³-hybridized carbons (Fsp3) is 0.160. The maximum Gasteiger partial charge on any atom is 0.220 e. The molecule has 4 rings (SSSR count). The van der Waals surface area contributed by atoms with E-state index in [1.54, 1.807) is 30.3 Å². The number of aromatic nitrogens is 1. The lowest BCUT2D eigenvalue weighted by atomic mass is 10.1. The van der Waals surface area contributed by atoms with E-state index in [1.165, 1.54) is 18.2 Å². The normalized spacial score (nSPS) is 11.0. The van der Waals surface area contributed by atoms with Gasteiger partial charge in [-0.25, -0.2) is 8.78 Å². The van der Waals surface area contributed by atoms with E-state index in [-0.39, 0.29) is 24.1 Å². The number of hydrogen-bond acceptors (Lipinski definition) is 1. The van der Waals surface area contributed by atoms with Crippen molar-refractivity contribution in [1.29, 1.82) is 0 Å². The molecule has 0 saturated heterocycles. The Morgan fingerprint density at radius 1 is 0.867 bits per heavy atom. The van der Waals surface area contributed by atoms with Crippen molar-refractivity contribution in [3.05, 3.63) is 107 Å². The van der Waals surface area contributed by atoms with E-state index in [2.05, 4.69) is 16.1 Å². The van der Waals surface area contributed by atoms with Crippen molar-refractivity contribution in [3.8, 4) is 0 Å². The molecule has 30 heavy (non-hydrogen) atoms. The monoisotopic (exact) mass is 404 g/mol. The number of hydrogen-bond donors (Lipinski definition) is 1. The summed E-state index contributed by atoms with van der Waals surface area (Å²) in [6.07, 6.45) is 2.96. The first-order valence-corrected chi connectivity index (χ1v) is 9.91. The molecule has 0 spiro atoms. The van der Waals surface area contributed by atoms with Crippen LogP contribution in [-0.2, 0) is 24.3 Å². The Labute approximate surface area is 174 Å². The number of nitrogens with zero attached hydrogens (tertiary/aromatic N) is 1. The van der Waals surface area contributed by atoms with Crippen molar-refractivity contribution in [1.82, 2.24) is 9.88 Å². The molecule has 0 aliphatic carbocycles. The minimum absolute atomic E-state index is 0.117. The number of fused-ring (bicyclic) bond motifs is 1. The third-order valence-electron chi connectivity index (χ3n) is 5.19. The number of carbonyl (C=O) groups is 1. The second-order valence-corrected chi connectivity index (χ2v) is 7.29. The van der Waals surface area contributed by atoms with Gasteiger partial charge in [-0.15, -0.1) is 0 Å². The van der Waals surface area contributed by atoms with Crippen LogP contribution in [0, 0.1) is 11.6 Å². The molecule has 0 bridgehead atoms. The summed E-state index contributed by atoms with van der Waals surface area (Å²) in [7, 11) is 0. The molecular weight excluding hydrogens is 382 g/mol. The topological polar surface area (TPSA) is 34.0 Å². The Hall–Kier alpha value is -3.47. The number of carbonyl (C=O) groups excluding carboxylic acids is 1. The second-order valence-electron chi connectivity index (χ2n) is 7.29. The quantitative estimate of drug-likeness (QED) is 0.450. The minimum atomic E-state index is -0.318. The molecular formula is C25H22F2N2O. The van der Waals surface area contributed by atoms with Crippen LogP contribution < -0.4 is 5.32 Å². The van der Waals surface area contributed by atoms with Crippen LogP contribution >= 0.6 is 0 Å². The first kappa shape index (κ1) is 19.8. The first-order chi connectivity index (χ1) is 14.6. The van der Waals surface area contributed by atoms with Gasteiger partial charge in [0.15, 0.2) is 0 Å². The summed E-state index contributed by atoms with van der Waals surface area (Å²) in [5, 5.41) is 3.89. The molecule has 1 amide bonds. The van der Waals surface area contributed by atoms with Crippen LogP contribution in [0.25, 0.3) is 10.9 Å². The molecule has 0 atom stereocenters. The average Bonchev–Trinajstić information content (AvgIpc) is 3.11. The van der Waals surface area contributed by atoms with Crippen LogP contribution in [0.5, 0.6) is 0 Å². The number of nitrogens with one attached hydrogen (secondary N) is 1. The number of aryl methyl sites for hydroxylation is 1. The van der Waals surface area contributed by atoms with Gasteiger partial charge in [-0.3, -0.25) is 4.79 Å². The predicted octanol–water partition coefficient (Wildman–Crippen LogP) is 5.22. The van der Waals surface area contributed by atoms with Crippen LogP contribution in [0.15, 0.2) is 79.0 Å². The van der Waals surface area contributed by atoms with Gasteiger partial charge in [-0.1, -0.05) is 48.5 Å². The van der Waals surface area contributed by atoms with E-state index < -0.39 is 0 Å². The van der Waals surface area contributed by atoms with Gasteiger partial charge in [-0.2, -0.15) is 0 Å². The summed E-state index contributed by atoms with van der Waals surface area (Å²) in [6, 6.07) is 21.0. The van der Waals surface area contributed by atoms with Crippen molar-refractivity contribution < 1.29 is 13.6 Å². The van der Waals surface area contributed by atoms with Crippen molar-refractivity contribution in [2.24, 2.45) is 0 Å². The summed E-state index contributed by atoms with van der Waals surface area (Å²) in [5.74, 6) is -0.687. The number of benzene rings is 3. The maximum absolute atomic E-state index is 13.7. The highest BCUT2D eigenvalue weighted by Crippen LogP contribution is 2.23. The molecule has 5 heteroatoms. The third kappa shape index (κ3) is 4.57. The summed E-state index contributed by atoms with van der Waals surface area (Å²) < 4.78 is 29.0. The Balaban J connectivity index is 1.44. The van der Waals surface area contributed by atoms with E-state index in [0.717, 1.165) is 22.0 Å². The lowest BCUT2D eigenvalue weighted by Gasteiger charge is -2.06. The second kappa shape index (κ2) is 8.91. The largest absolute Gasteiger partial charge is 0.352 e. The molecule has 0 fully saturated rings. The molecule has 0 aliphatic rings. The predicted molar refractivity (Wildman–Crippen MR) is 114 cm³/mol. The summed E-state index contributed by atoms with van der Waals surface area (Å²) >= 11 is 0. The van der Waals surface area contributed by atoms with E-state index in [9.17, 15) is 13.6 Å². The molecule has 0 unspecified atom stereocenters. The molecule has 0 radical (unpaired) electrons. The first-order valence-electron chi connectivity index (χ1n) is 9.91. The van der Waals surface area contributed by atoms with Crippen molar-refractivity contribution >= 4 is 16.8 Å². The summed E-state index contributed by atoms with van der Waals surface area (Å²) in [4.78, 5) is 12.3. The SMILES string of the molecule is O=C(CCc1cn(Cc2ccc(F)cc2)c2ccccc12)NCc1ccccc1F.